The van der Waals surface area contributed by atoms with Crippen molar-refractivity contribution >= 4 is 11.4 Å². The summed E-state index contributed by atoms with van der Waals surface area (Å²) in [6.07, 6.45) is 2.89. The molecule has 2 heterocycles. The largest absolute Gasteiger partial charge is 0.399 e. The number of nitrogen functional groups attached to an aromatic ring is 1. The lowest BCUT2D eigenvalue weighted by Crippen LogP contribution is -2.30. The van der Waals surface area contributed by atoms with E-state index in [9.17, 15) is 0 Å². The molecule has 1 aliphatic heterocycles. The highest BCUT2D eigenvalue weighted by Crippen LogP contribution is 2.23. The summed E-state index contributed by atoms with van der Waals surface area (Å²) in [5.74, 6) is 0. The third kappa shape index (κ3) is 1.96. The Morgan fingerprint density at radius 3 is 2.76 bits per heavy atom. The molecule has 1 aromatic carbocycles. The second-order valence-electron chi connectivity index (χ2n) is 4.37. The second-order valence-corrected chi connectivity index (χ2v) is 4.37. The zero-order valence-electron chi connectivity index (χ0n) is 9.63. The minimum Gasteiger partial charge on any atom is -0.399 e. The highest BCUT2D eigenvalue weighted by Gasteiger charge is 2.16. The van der Waals surface area contributed by atoms with Crippen LogP contribution in [0.5, 0.6) is 0 Å². The Hall–Kier alpha value is -2.03. The second kappa shape index (κ2) is 4.09. The maximum atomic E-state index is 5.70. The first-order valence-corrected chi connectivity index (χ1v) is 5.86. The zero-order valence-corrected chi connectivity index (χ0v) is 9.63. The molecule has 0 unspecified atom stereocenters. The van der Waals surface area contributed by atoms with Gasteiger partial charge in [-0.3, -0.25) is 4.98 Å². The van der Waals surface area contributed by atoms with E-state index in [0.717, 1.165) is 25.2 Å². The number of aromatic nitrogens is 1. The van der Waals surface area contributed by atoms with Crippen molar-refractivity contribution in [1.82, 2.24) is 4.98 Å². The van der Waals surface area contributed by atoms with Gasteiger partial charge >= 0.3 is 0 Å². The molecule has 2 aromatic rings. The van der Waals surface area contributed by atoms with Crippen LogP contribution in [0.25, 0.3) is 0 Å². The van der Waals surface area contributed by atoms with Crippen LogP contribution in [0.4, 0.5) is 11.4 Å². The fourth-order valence-corrected chi connectivity index (χ4v) is 2.27. The maximum absolute atomic E-state index is 5.70. The van der Waals surface area contributed by atoms with Gasteiger partial charge in [-0.05, 0) is 35.9 Å². The van der Waals surface area contributed by atoms with E-state index in [1.165, 1.54) is 16.9 Å². The number of fused-ring (bicyclic) bond motifs is 1. The molecule has 0 atom stereocenters. The van der Waals surface area contributed by atoms with Crippen molar-refractivity contribution in [3.63, 3.8) is 0 Å². The van der Waals surface area contributed by atoms with E-state index in [4.69, 9.17) is 5.73 Å². The molecule has 86 valence electrons. The van der Waals surface area contributed by atoms with Gasteiger partial charge < -0.3 is 10.6 Å². The molecule has 3 rings (SSSR count). The van der Waals surface area contributed by atoms with Gasteiger partial charge in [-0.25, -0.2) is 0 Å². The molecule has 0 bridgehead atoms. The van der Waals surface area contributed by atoms with Crippen LogP contribution >= 0.6 is 0 Å². The van der Waals surface area contributed by atoms with E-state index in [1.54, 1.807) is 0 Å². The maximum Gasteiger partial charge on any atom is 0.0471 e. The number of benzene rings is 1. The van der Waals surface area contributed by atoms with Crippen LogP contribution in [0, 0.1) is 0 Å². The molecule has 2 N–H and O–H groups in total. The average molecular weight is 225 g/mol. The van der Waals surface area contributed by atoms with Crippen molar-refractivity contribution < 1.29 is 0 Å². The lowest BCUT2D eigenvalue weighted by atomic mass is 10.1. The van der Waals surface area contributed by atoms with E-state index in [0.29, 0.717) is 0 Å². The molecule has 0 fully saturated rings. The van der Waals surface area contributed by atoms with Crippen molar-refractivity contribution in [3.8, 4) is 0 Å². The fraction of sp³-hybridized carbons (Fsp3) is 0.214. The molecular formula is C14H15N3. The molecule has 3 heteroatoms. The van der Waals surface area contributed by atoms with Gasteiger partial charge in [0.2, 0.25) is 0 Å². The van der Waals surface area contributed by atoms with Gasteiger partial charge in [-0.15, -0.1) is 0 Å². The predicted octanol–water partition coefficient (Wildman–Crippen LogP) is 2.23. The first kappa shape index (κ1) is 10.1. The van der Waals surface area contributed by atoms with Gasteiger partial charge in [-0.1, -0.05) is 6.07 Å². The predicted molar refractivity (Wildman–Crippen MR) is 69.8 cm³/mol. The molecule has 0 amide bonds. The van der Waals surface area contributed by atoms with E-state index < -0.39 is 0 Å². The summed E-state index contributed by atoms with van der Waals surface area (Å²) in [6.45, 7) is 1.96. The van der Waals surface area contributed by atoms with Crippen LogP contribution in [-0.4, -0.2) is 11.5 Å². The van der Waals surface area contributed by atoms with Crippen molar-refractivity contribution in [3.05, 3.63) is 53.9 Å². The van der Waals surface area contributed by atoms with Crippen molar-refractivity contribution in [1.29, 1.82) is 0 Å². The van der Waals surface area contributed by atoms with E-state index in [1.807, 2.05) is 24.4 Å². The summed E-state index contributed by atoms with van der Waals surface area (Å²) in [5.41, 5.74) is 10.3. The van der Waals surface area contributed by atoms with Crippen molar-refractivity contribution in [2.75, 3.05) is 17.2 Å². The zero-order chi connectivity index (χ0) is 11.7. The van der Waals surface area contributed by atoms with Crippen LogP contribution < -0.4 is 10.6 Å². The van der Waals surface area contributed by atoms with E-state index in [2.05, 4.69) is 28.1 Å². The SMILES string of the molecule is Nc1ccc(N2CCc3ncccc3C2)cc1. The molecule has 0 radical (unpaired) electrons. The number of nitrogens with zero attached hydrogens (tertiary/aromatic N) is 2. The summed E-state index contributed by atoms with van der Waals surface area (Å²) >= 11 is 0. The average Bonchev–Trinajstić information content (AvgIpc) is 2.39. The van der Waals surface area contributed by atoms with Gasteiger partial charge in [0.25, 0.3) is 0 Å². The molecule has 3 nitrogen and oxygen atoms in total. The van der Waals surface area contributed by atoms with Gasteiger partial charge in [0.15, 0.2) is 0 Å². The van der Waals surface area contributed by atoms with Gasteiger partial charge in [0.1, 0.15) is 0 Å². The topological polar surface area (TPSA) is 42.1 Å². The molecule has 1 aromatic heterocycles. The van der Waals surface area contributed by atoms with E-state index in [-0.39, 0.29) is 0 Å². The number of hydrogen-bond acceptors (Lipinski definition) is 3. The third-order valence-corrected chi connectivity index (χ3v) is 3.22. The Kier molecular flexibility index (Phi) is 2.44. The molecular weight excluding hydrogens is 210 g/mol. The highest BCUT2D eigenvalue weighted by atomic mass is 15.1. The summed E-state index contributed by atoms with van der Waals surface area (Å²) < 4.78 is 0. The smallest absolute Gasteiger partial charge is 0.0471 e. The number of hydrogen-bond donors (Lipinski definition) is 1. The monoisotopic (exact) mass is 225 g/mol. The standard InChI is InChI=1S/C14H15N3/c15-12-3-5-13(6-4-12)17-9-7-14-11(10-17)2-1-8-16-14/h1-6,8H,7,9-10,15H2. The van der Waals surface area contributed by atoms with Crippen LogP contribution in [0.15, 0.2) is 42.6 Å². The Bertz CT molecular complexity index is 519. The summed E-state index contributed by atoms with van der Waals surface area (Å²) in [6, 6.07) is 12.2. The Morgan fingerprint density at radius 2 is 1.94 bits per heavy atom. The normalized spacial score (nSPS) is 14.5. The van der Waals surface area contributed by atoms with Gasteiger partial charge in [-0.2, -0.15) is 0 Å². The van der Waals surface area contributed by atoms with Crippen molar-refractivity contribution in [2.45, 2.75) is 13.0 Å². The quantitative estimate of drug-likeness (QED) is 0.757. The van der Waals surface area contributed by atoms with Crippen LogP contribution in [0.3, 0.4) is 0 Å². The molecule has 0 aliphatic carbocycles. The molecule has 0 spiro atoms. The summed E-state index contributed by atoms with van der Waals surface area (Å²) in [5, 5.41) is 0. The minimum atomic E-state index is 0.813. The molecule has 1 aliphatic rings. The van der Waals surface area contributed by atoms with Crippen molar-refractivity contribution in [2.24, 2.45) is 0 Å². The lowest BCUT2D eigenvalue weighted by Gasteiger charge is -2.30. The fourth-order valence-electron chi connectivity index (χ4n) is 2.27. The molecule has 17 heavy (non-hydrogen) atoms. The van der Waals surface area contributed by atoms with Gasteiger partial charge in [0.05, 0.1) is 0 Å². The number of pyridine rings is 1. The molecule has 0 saturated heterocycles. The summed E-state index contributed by atoms with van der Waals surface area (Å²) in [7, 11) is 0. The number of rotatable bonds is 1. The first-order valence-electron chi connectivity index (χ1n) is 5.86. The van der Waals surface area contributed by atoms with Crippen LogP contribution in [0.1, 0.15) is 11.3 Å². The number of anilines is 2. The Labute approximate surface area is 101 Å². The highest BCUT2D eigenvalue weighted by molar-refractivity contribution is 5.54. The van der Waals surface area contributed by atoms with Crippen LogP contribution in [-0.2, 0) is 13.0 Å². The van der Waals surface area contributed by atoms with E-state index >= 15 is 0 Å². The first-order chi connectivity index (χ1) is 8.33. The molecule has 0 saturated carbocycles. The lowest BCUT2D eigenvalue weighted by molar-refractivity contribution is 0.712. The Balaban J connectivity index is 1.86. The van der Waals surface area contributed by atoms with Gasteiger partial charge in [0, 0.05) is 42.8 Å². The minimum absolute atomic E-state index is 0.813. The Morgan fingerprint density at radius 1 is 1.12 bits per heavy atom. The summed E-state index contributed by atoms with van der Waals surface area (Å²) in [4.78, 5) is 6.78. The number of nitrogens with two attached hydrogens (primary N) is 1. The van der Waals surface area contributed by atoms with Crippen LogP contribution in [0.2, 0.25) is 0 Å². The third-order valence-electron chi connectivity index (χ3n) is 3.22.